The number of anilines is 1. The molecular weight excluding hydrogens is 240 g/mol. The fraction of sp³-hybridized carbons (Fsp3) is 0.400. The van der Waals surface area contributed by atoms with Crippen molar-refractivity contribution in [1.29, 1.82) is 0 Å². The molecule has 0 spiro atoms. The van der Waals surface area contributed by atoms with Gasteiger partial charge in [0, 0.05) is 11.5 Å². The maximum Gasteiger partial charge on any atom is 0.292 e. The third kappa shape index (κ3) is 2.43. The van der Waals surface area contributed by atoms with E-state index in [2.05, 4.69) is 24.9 Å². The van der Waals surface area contributed by atoms with Crippen LogP contribution >= 0.6 is 0 Å². The molecule has 1 aromatic heterocycles. The van der Waals surface area contributed by atoms with Crippen molar-refractivity contribution in [3.8, 4) is 17.0 Å². The van der Waals surface area contributed by atoms with Crippen molar-refractivity contribution < 1.29 is 9.15 Å². The predicted molar refractivity (Wildman–Crippen MR) is 76.5 cm³/mol. The van der Waals surface area contributed by atoms with Crippen LogP contribution in [0.3, 0.4) is 0 Å². The topological polar surface area (TPSA) is 61.3 Å². The number of methoxy groups -OCH3 is 1. The summed E-state index contributed by atoms with van der Waals surface area (Å²) in [5.74, 6) is 1.94. The summed E-state index contributed by atoms with van der Waals surface area (Å²) in [6, 6.07) is 4.29. The quantitative estimate of drug-likeness (QED) is 0.914. The third-order valence-corrected chi connectivity index (χ3v) is 3.19. The molecule has 0 unspecified atom stereocenters. The Bertz CT molecular complexity index is 600. The Balaban J connectivity index is 2.62. The molecule has 0 aliphatic heterocycles. The van der Waals surface area contributed by atoms with Crippen LogP contribution in [0.4, 0.5) is 6.01 Å². The number of ether oxygens (including phenoxy) is 1. The average Bonchev–Trinajstić information content (AvgIpc) is 2.73. The number of hydrogen-bond acceptors (Lipinski definition) is 4. The number of aryl methyl sites for hydroxylation is 2. The second-order valence-electron chi connectivity index (χ2n) is 5.06. The minimum Gasteiger partial charge on any atom is -0.496 e. The Morgan fingerprint density at radius 2 is 1.89 bits per heavy atom. The highest BCUT2D eigenvalue weighted by Crippen LogP contribution is 2.35. The first-order valence-electron chi connectivity index (χ1n) is 6.35. The standard InChI is InChI=1S/C15H20N2O2/c1-8(2)14-13(17-15(16)19-14)11-6-10(4)12(18-5)7-9(11)3/h6-8H,1-5H3,(H2,16,17). The van der Waals surface area contributed by atoms with Crippen LogP contribution in [0.25, 0.3) is 11.3 Å². The number of nitrogen functional groups attached to an aromatic ring is 1. The van der Waals surface area contributed by atoms with Gasteiger partial charge >= 0.3 is 0 Å². The molecule has 0 saturated heterocycles. The second-order valence-corrected chi connectivity index (χ2v) is 5.06. The number of aromatic nitrogens is 1. The zero-order valence-electron chi connectivity index (χ0n) is 12.1. The first-order valence-corrected chi connectivity index (χ1v) is 6.35. The summed E-state index contributed by atoms with van der Waals surface area (Å²) in [5.41, 5.74) is 9.73. The Morgan fingerprint density at radius 3 is 2.47 bits per heavy atom. The van der Waals surface area contributed by atoms with Crippen LogP contribution in [0.2, 0.25) is 0 Å². The van der Waals surface area contributed by atoms with Crippen LogP contribution in [0.5, 0.6) is 5.75 Å². The minimum atomic E-state index is 0.214. The maximum absolute atomic E-state index is 5.70. The monoisotopic (exact) mass is 260 g/mol. The van der Waals surface area contributed by atoms with E-state index in [1.165, 1.54) is 0 Å². The summed E-state index contributed by atoms with van der Waals surface area (Å²) < 4.78 is 10.8. The van der Waals surface area contributed by atoms with Crippen LogP contribution in [-0.4, -0.2) is 12.1 Å². The molecule has 19 heavy (non-hydrogen) atoms. The lowest BCUT2D eigenvalue weighted by molar-refractivity contribution is 0.411. The molecule has 0 bridgehead atoms. The van der Waals surface area contributed by atoms with Gasteiger partial charge in [0.1, 0.15) is 17.2 Å². The largest absolute Gasteiger partial charge is 0.496 e. The van der Waals surface area contributed by atoms with Gasteiger partial charge in [0.2, 0.25) is 0 Å². The molecule has 0 aliphatic carbocycles. The van der Waals surface area contributed by atoms with Crippen molar-refractivity contribution >= 4 is 6.01 Å². The van der Waals surface area contributed by atoms with Crippen LogP contribution in [-0.2, 0) is 0 Å². The van der Waals surface area contributed by atoms with Gasteiger partial charge in [-0.05, 0) is 37.1 Å². The Hall–Kier alpha value is -1.97. The number of hydrogen-bond donors (Lipinski definition) is 1. The lowest BCUT2D eigenvalue weighted by Gasteiger charge is -2.11. The Labute approximate surface area is 113 Å². The first-order chi connectivity index (χ1) is 8.93. The van der Waals surface area contributed by atoms with Gasteiger partial charge in [0.15, 0.2) is 0 Å². The van der Waals surface area contributed by atoms with E-state index < -0.39 is 0 Å². The average molecular weight is 260 g/mol. The van der Waals surface area contributed by atoms with Crippen molar-refractivity contribution in [2.75, 3.05) is 12.8 Å². The van der Waals surface area contributed by atoms with Gasteiger partial charge in [-0.2, -0.15) is 4.98 Å². The van der Waals surface area contributed by atoms with E-state index in [4.69, 9.17) is 14.9 Å². The normalized spacial score (nSPS) is 11.1. The van der Waals surface area contributed by atoms with Gasteiger partial charge in [-0.25, -0.2) is 0 Å². The van der Waals surface area contributed by atoms with Crippen LogP contribution in [0, 0.1) is 13.8 Å². The maximum atomic E-state index is 5.70. The summed E-state index contributed by atoms with van der Waals surface area (Å²) >= 11 is 0. The Kier molecular flexibility index (Phi) is 3.51. The highest BCUT2D eigenvalue weighted by atomic mass is 16.5. The predicted octanol–water partition coefficient (Wildman–Crippen LogP) is 3.67. The molecule has 1 aromatic carbocycles. The van der Waals surface area contributed by atoms with Gasteiger partial charge in [-0.3, -0.25) is 0 Å². The Morgan fingerprint density at radius 1 is 1.21 bits per heavy atom. The molecule has 0 atom stereocenters. The van der Waals surface area contributed by atoms with Gasteiger partial charge in [0.25, 0.3) is 6.01 Å². The second kappa shape index (κ2) is 4.96. The molecule has 4 nitrogen and oxygen atoms in total. The molecule has 0 fully saturated rings. The summed E-state index contributed by atoms with van der Waals surface area (Å²) in [6.07, 6.45) is 0. The highest BCUT2D eigenvalue weighted by molar-refractivity contribution is 5.69. The fourth-order valence-electron chi connectivity index (χ4n) is 2.20. The van der Waals surface area contributed by atoms with Crippen molar-refractivity contribution in [2.24, 2.45) is 0 Å². The molecule has 0 radical (unpaired) electrons. The molecule has 0 aliphatic rings. The molecule has 1 heterocycles. The lowest BCUT2D eigenvalue weighted by Crippen LogP contribution is -1.95. The number of rotatable bonds is 3. The van der Waals surface area contributed by atoms with E-state index in [-0.39, 0.29) is 11.9 Å². The van der Waals surface area contributed by atoms with E-state index in [1.54, 1.807) is 7.11 Å². The molecule has 2 aromatic rings. The van der Waals surface area contributed by atoms with Crippen molar-refractivity contribution in [2.45, 2.75) is 33.6 Å². The highest BCUT2D eigenvalue weighted by Gasteiger charge is 2.19. The SMILES string of the molecule is COc1cc(C)c(-c2nc(N)oc2C(C)C)cc1C. The molecule has 102 valence electrons. The minimum absolute atomic E-state index is 0.214. The molecular formula is C15H20N2O2. The lowest BCUT2D eigenvalue weighted by atomic mass is 9.98. The van der Waals surface area contributed by atoms with Gasteiger partial charge in [-0.1, -0.05) is 13.8 Å². The van der Waals surface area contributed by atoms with E-state index in [1.807, 2.05) is 19.9 Å². The molecule has 4 heteroatoms. The first kappa shape index (κ1) is 13.5. The van der Waals surface area contributed by atoms with E-state index >= 15 is 0 Å². The van der Waals surface area contributed by atoms with Crippen LogP contribution in [0.15, 0.2) is 16.5 Å². The summed E-state index contributed by atoms with van der Waals surface area (Å²) in [4.78, 5) is 4.33. The summed E-state index contributed by atoms with van der Waals surface area (Å²) in [5, 5.41) is 0. The number of nitrogens with zero attached hydrogens (tertiary/aromatic N) is 1. The van der Waals surface area contributed by atoms with E-state index in [9.17, 15) is 0 Å². The number of nitrogens with two attached hydrogens (primary N) is 1. The van der Waals surface area contributed by atoms with Crippen LogP contribution < -0.4 is 10.5 Å². The zero-order chi connectivity index (χ0) is 14.2. The van der Waals surface area contributed by atoms with Crippen LogP contribution in [0.1, 0.15) is 36.7 Å². The third-order valence-electron chi connectivity index (χ3n) is 3.19. The molecule has 0 saturated carbocycles. The molecule has 2 N–H and O–H groups in total. The number of benzene rings is 1. The summed E-state index contributed by atoms with van der Waals surface area (Å²) in [7, 11) is 1.68. The number of oxazole rings is 1. The van der Waals surface area contributed by atoms with Gasteiger partial charge in [-0.15, -0.1) is 0 Å². The summed E-state index contributed by atoms with van der Waals surface area (Å²) in [6.45, 7) is 8.18. The smallest absolute Gasteiger partial charge is 0.292 e. The van der Waals surface area contributed by atoms with Crippen molar-refractivity contribution in [1.82, 2.24) is 4.98 Å². The van der Waals surface area contributed by atoms with Crippen molar-refractivity contribution in [3.05, 3.63) is 29.0 Å². The molecule has 0 amide bonds. The van der Waals surface area contributed by atoms with E-state index in [0.717, 1.165) is 33.9 Å². The zero-order valence-corrected chi connectivity index (χ0v) is 12.1. The van der Waals surface area contributed by atoms with Gasteiger partial charge in [0.05, 0.1) is 7.11 Å². The fourth-order valence-corrected chi connectivity index (χ4v) is 2.20. The van der Waals surface area contributed by atoms with E-state index in [0.29, 0.717) is 0 Å². The van der Waals surface area contributed by atoms with Gasteiger partial charge < -0.3 is 14.9 Å². The molecule has 2 rings (SSSR count). The van der Waals surface area contributed by atoms with Crippen molar-refractivity contribution in [3.63, 3.8) is 0 Å².